The average Bonchev–Trinajstić information content (AvgIpc) is 2.97. The zero-order valence-corrected chi connectivity index (χ0v) is 11.0. The second kappa shape index (κ2) is 5.63. The Morgan fingerprint density at radius 1 is 0.900 bits per heavy atom. The zero-order valence-electron chi connectivity index (χ0n) is 11.0. The van der Waals surface area contributed by atoms with Gasteiger partial charge in [0.25, 0.3) is 0 Å². The molecule has 0 unspecified atom stereocenters. The third-order valence-electron chi connectivity index (χ3n) is 3.15. The monoisotopic (exact) mass is 265 g/mol. The summed E-state index contributed by atoms with van der Waals surface area (Å²) in [6.45, 7) is 1.20. The van der Waals surface area contributed by atoms with Gasteiger partial charge in [0.2, 0.25) is 0 Å². The Hall–Kier alpha value is -2.53. The summed E-state index contributed by atoms with van der Waals surface area (Å²) in [4.78, 5) is 0. The van der Waals surface area contributed by atoms with Crippen molar-refractivity contribution in [3.8, 4) is 11.4 Å². The van der Waals surface area contributed by atoms with Gasteiger partial charge in [-0.1, -0.05) is 54.6 Å². The number of hydrogen-bond donors (Lipinski definition) is 1. The van der Waals surface area contributed by atoms with Gasteiger partial charge in [-0.15, -0.1) is 5.10 Å². The highest BCUT2D eigenvalue weighted by molar-refractivity contribution is 5.54. The van der Waals surface area contributed by atoms with Crippen LogP contribution in [0.3, 0.4) is 0 Å². The van der Waals surface area contributed by atoms with Crippen LogP contribution in [0.5, 0.6) is 0 Å². The highest BCUT2D eigenvalue weighted by Gasteiger charge is 2.08. The van der Waals surface area contributed by atoms with Crippen molar-refractivity contribution in [2.75, 3.05) is 0 Å². The number of rotatable bonds is 4. The van der Waals surface area contributed by atoms with Gasteiger partial charge >= 0.3 is 0 Å². The van der Waals surface area contributed by atoms with E-state index in [-0.39, 0.29) is 0 Å². The molecule has 3 rings (SSSR count). The van der Waals surface area contributed by atoms with Gasteiger partial charge in [0, 0.05) is 12.1 Å². The zero-order chi connectivity index (χ0) is 13.8. The fraction of sp³-hybridized carbons (Fsp3) is 0.133. The summed E-state index contributed by atoms with van der Waals surface area (Å²) < 4.78 is 1.80. The Labute approximate surface area is 117 Å². The average molecular weight is 265 g/mol. The quantitative estimate of drug-likeness (QED) is 0.781. The number of tetrazole rings is 1. The summed E-state index contributed by atoms with van der Waals surface area (Å²) in [5.74, 6) is 0.772. The molecular weight excluding hydrogens is 250 g/mol. The van der Waals surface area contributed by atoms with Gasteiger partial charge in [-0.2, -0.15) is 0 Å². The molecule has 0 amide bonds. The normalized spacial score (nSPS) is 10.7. The molecule has 2 N–H and O–H groups in total. The minimum Gasteiger partial charge on any atom is -0.326 e. The molecule has 100 valence electrons. The van der Waals surface area contributed by atoms with Crippen LogP contribution in [-0.2, 0) is 13.1 Å². The lowest BCUT2D eigenvalue weighted by atomic mass is 10.1. The van der Waals surface area contributed by atoms with Crippen molar-refractivity contribution >= 4 is 0 Å². The maximum absolute atomic E-state index is 5.60. The van der Waals surface area contributed by atoms with E-state index >= 15 is 0 Å². The van der Waals surface area contributed by atoms with Crippen LogP contribution in [0.1, 0.15) is 11.1 Å². The van der Waals surface area contributed by atoms with Gasteiger partial charge in [-0.25, -0.2) is 4.68 Å². The largest absolute Gasteiger partial charge is 0.326 e. The van der Waals surface area contributed by atoms with Crippen LogP contribution in [0.25, 0.3) is 11.4 Å². The lowest BCUT2D eigenvalue weighted by molar-refractivity contribution is 0.653. The Kier molecular flexibility index (Phi) is 3.52. The number of hydrogen-bond acceptors (Lipinski definition) is 4. The van der Waals surface area contributed by atoms with Crippen molar-refractivity contribution in [2.24, 2.45) is 5.73 Å². The van der Waals surface area contributed by atoms with E-state index in [1.54, 1.807) is 4.68 Å². The molecule has 0 aliphatic rings. The SMILES string of the molecule is NCc1ccc(Cn2nnnc2-c2ccccc2)cc1. The predicted octanol–water partition coefficient (Wildman–Crippen LogP) is 1.85. The maximum Gasteiger partial charge on any atom is 0.182 e. The first kappa shape index (κ1) is 12.5. The van der Waals surface area contributed by atoms with Crippen LogP contribution in [0.4, 0.5) is 0 Å². The van der Waals surface area contributed by atoms with E-state index in [4.69, 9.17) is 5.73 Å². The second-order valence-corrected chi connectivity index (χ2v) is 4.55. The first-order valence-electron chi connectivity index (χ1n) is 6.46. The molecule has 0 aliphatic carbocycles. The second-order valence-electron chi connectivity index (χ2n) is 4.55. The molecule has 1 heterocycles. The highest BCUT2D eigenvalue weighted by atomic mass is 15.5. The van der Waals surface area contributed by atoms with Crippen LogP contribution in [-0.4, -0.2) is 20.2 Å². The molecule has 0 atom stereocenters. The molecule has 2 aromatic carbocycles. The molecule has 0 radical (unpaired) electrons. The van der Waals surface area contributed by atoms with Crippen molar-refractivity contribution in [3.05, 3.63) is 65.7 Å². The van der Waals surface area contributed by atoms with E-state index in [0.29, 0.717) is 13.1 Å². The van der Waals surface area contributed by atoms with Crippen molar-refractivity contribution in [2.45, 2.75) is 13.1 Å². The molecule has 5 nitrogen and oxygen atoms in total. The van der Waals surface area contributed by atoms with E-state index in [1.165, 1.54) is 0 Å². The van der Waals surface area contributed by atoms with Crippen molar-refractivity contribution in [3.63, 3.8) is 0 Å². The van der Waals surface area contributed by atoms with Crippen molar-refractivity contribution in [1.82, 2.24) is 20.2 Å². The van der Waals surface area contributed by atoms with E-state index in [0.717, 1.165) is 22.5 Å². The predicted molar refractivity (Wildman–Crippen MR) is 76.7 cm³/mol. The van der Waals surface area contributed by atoms with Crippen LogP contribution in [0.2, 0.25) is 0 Å². The minimum absolute atomic E-state index is 0.556. The van der Waals surface area contributed by atoms with Gasteiger partial charge in [0.15, 0.2) is 5.82 Å². The van der Waals surface area contributed by atoms with Gasteiger partial charge in [0.1, 0.15) is 0 Å². The van der Waals surface area contributed by atoms with Crippen molar-refractivity contribution < 1.29 is 0 Å². The van der Waals surface area contributed by atoms with E-state index in [1.807, 2.05) is 42.5 Å². The van der Waals surface area contributed by atoms with Gasteiger partial charge < -0.3 is 5.73 Å². The molecule has 0 saturated heterocycles. The third kappa shape index (κ3) is 2.57. The molecule has 20 heavy (non-hydrogen) atoms. The molecular formula is C15H15N5. The summed E-state index contributed by atoms with van der Waals surface area (Å²) in [7, 11) is 0. The van der Waals surface area contributed by atoms with Gasteiger partial charge in [0.05, 0.1) is 6.54 Å². The van der Waals surface area contributed by atoms with Gasteiger partial charge in [-0.05, 0) is 21.6 Å². The number of aromatic nitrogens is 4. The molecule has 0 saturated carbocycles. The number of nitrogens with zero attached hydrogens (tertiary/aromatic N) is 4. The standard InChI is InChI=1S/C15H15N5/c16-10-12-6-8-13(9-7-12)11-20-15(17-18-19-20)14-4-2-1-3-5-14/h1-9H,10-11,16H2. The highest BCUT2D eigenvalue weighted by Crippen LogP contribution is 2.16. The third-order valence-corrected chi connectivity index (χ3v) is 3.15. The van der Waals surface area contributed by atoms with Crippen LogP contribution < -0.4 is 5.73 Å². The fourth-order valence-corrected chi connectivity index (χ4v) is 2.06. The Morgan fingerprint density at radius 2 is 1.60 bits per heavy atom. The lowest BCUT2D eigenvalue weighted by Gasteiger charge is -2.05. The first-order valence-corrected chi connectivity index (χ1v) is 6.46. The first-order chi connectivity index (χ1) is 9.86. The Morgan fingerprint density at radius 3 is 2.30 bits per heavy atom. The smallest absolute Gasteiger partial charge is 0.182 e. The van der Waals surface area contributed by atoms with Crippen LogP contribution >= 0.6 is 0 Å². The molecule has 3 aromatic rings. The van der Waals surface area contributed by atoms with Gasteiger partial charge in [-0.3, -0.25) is 0 Å². The van der Waals surface area contributed by atoms with Crippen molar-refractivity contribution in [1.29, 1.82) is 0 Å². The van der Waals surface area contributed by atoms with E-state index in [9.17, 15) is 0 Å². The molecule has 0 bridgehead atoms. The molecule has 0 aliphatic heterocycles. The molecule has 5 heteroatoms. The lowest BCUT2D eigenvalue weighted by Crippen LogP contribution is -2.05. The Balaban J connectivity index is 1.86. The molecule has 0 spiro atoms. The number of nitrogens with two attached hydrogens (primary N) is 1. The fourth-order valence-electron chi connectivity index (χ4n) is 2.06. The van der Waals surface area contributed by atoms with E-state index < -0.39 is 0 Å². The summed E-state index contributed by atoms with van der Waals surface area (Å²) in [5.41, 5.74) is 8.87. The van der Waals surface area contributed by atoms with E-state index in [2.05, 4.69) is 27.7 Å². The molecule has 1 aromatic heterocycles. The Bertz CT molecular complexity index is 673. The summed E-state index contributed by atoms with van der Waals surface area (Å²) in [5, 5.41) is 11.9. The number of benzene rings is 2. The minimum atomic E-state index is 0.556. The summed E-state index contributed by atoms with van der Waals surface area (Å²) in [6, 6.07) is 18.1. The van der Waals surface area contributed by atoms with Crippen LogP contribution in [0, 0.1) is 0 Å². The molecule has 0 fully saturated rings. The summed E-state index contributed by atoms with van der Waals surface area (Å²) in [6.07, 6.45) is 0. The van der Waals surface area contributed by atoms with Crippen LogP contribution in [0.15, 0.2) is 54.6 Å². The summed E-state index contributed by atoms with van der Waals surface area (Å²) >= 11 is 0. The topological polar surface area (TPSA) is 69.6 Å². The maximum atomic E-state index is 5.60.